The minimum Gasteiger partial charge on any atom is -0.507 e. The molecule has 3 aromatic rings. The molecule has 16 nitrogen and oxygen atoms in total. The number of phenolic OH excluding ortho intramolecular Hbond substituents is 3. The molecule has 240 valence electrons. The molecule has 3 N–H and O–H groups in total. The van der Waals surface area contributed by atoms with Gasteiger partial charge in [-0.3, -0.25) is 28.8 Å². The highest BCUT2D eigenvalue weighted by Gasteiger charge is 2.54. The lowest BCUT2D eigenvalue weighted by atomic mass is 9.88. The lowest BCUT2D eigenvalue weighted by molar-refractivity contribution is -0.254. The molecule has 5 atom stereocenters. The first-order chi connectivity index (χ1) is 21.1. The number of benzene rings is 2. The van der Waals surface area contributed by atoms with Gasteiger partial charge in [0.2, 0.25) is 5.43 Å². The molecule has 16 heteroatoms. The van der Waals surface area contributed by atoms with Gasteiger partial charge < -0.3 is 48.2 Å². The van der Waals surface area contributed by atoms with Crippen molar-refractivity contribution in [3.63, 3.8) is 0 Å². The van der Waals surface area contributed by atoms with E-state index in [1.54, 1.807) is 0 Å². The topological polar surface area (TPSA) is 232 Å². The van der Waals surface area contributed by atoms with Crippen molar-refractivity contribution in [2.24, 2.45) is 0 Å². The van der Waals surface area contributed by atoms with Crippen molar-refractivity contribution in [3.05, 3.63) is 34.0 Å². The van der Waals surface area contributed by atoms with Crippen LogP contribution < -0.4 is 10.2 Å². The van der Waals surface area contributed by atoms with Crippen LogP contribution in [0.4, 0.5) is 0 Å². The summed E-state index contributed by atoms with van der Waals surface area (Å²) in [7, 11) is 0. The number of rotatable bonds is 7. The Bertz CT molecular complexity index is 1770. The summed E-state index contributed by atoms with van der Waals surface area (Å²) < 4.78 is 38.5. The first-order valence-corrected chi connectivity index (χ1v) is 13.3. The highest BCUT2D eigenvalue weighted by molar-refractivity contribution is 5.97. The average Bonchev–Trinajstić information content (AvgIpc) is 2.90. The highest BCUT2D eigenvalue weighted by Crippen LogP contribution is 2.47. The lowest BCUT2D eigenvalue weighted by Crippen LogP contribution is -2.59. The smallest absolute Gasteiger partial charge is 0.308 e. The quantitative estimate of drug-likeness (QED) is 0.111. The second-order valence-electron chi connectivity index (χ2n) is 9.99. The van der Waals surface area contributed by atoms with E-state index in [-0.39, 0.29) is 16.6 Å². The van der Waals surface area contributed by atoms with Gasteiger partial charge in [0, 0.05) is 46.8 Å². The standard InChI is InChI=1S/C29H28O16/c1-10(30)39-9-21-25(40-11(2)31)28(42-13(4)33)29(43-14(5)34)27(45-21)22-18(37)8-20-23(26(22)41-12(3)32)24(38)15-6-16(35)17(36)7-19(15)44-20/h6-8,21,25,27-29,35-37H,9H2,1-5H3/t21-,25-,27+,28+,29+/m1/s1. The first kappa shape index (κ1) is 32.5. The summed E-state index contributed by atoms with van der Waals surface area (Å²) in [6.45, 7) is 4.53. The number of carbonyl (C=O) groups excluding carboxylic acids is 5. The van der Waals surface area contributed by atoms with Crippen molar-refractivity contribution < 1.29 is 72.1 Å². The summed E-state index contributed by atoms with van der Waals surface area (Å²) in [5.41, 5.74) is -1.88. The van der Waals surface area contributed by atoms with Crippen molar-refractivity contribution >= 4 is 51.8 Å². The minimum atomic E-state index is -1.74. The Hall–Kier alpha value is -5.38. The van der Waals surface area contributed by atoms with Crippen molar-refractivity contribution in [2.45, 2.75) is 65.1 Å². The van der Waals surface area contributed by atoms with E-state index in [0.29, 0.717) is 0 Å². The Balaban J connectivity index is 2.07. The zero-order valence-electron chi connectivity index (χ0n) is 24.5. The first-order valence-electron chi connectivity index (χ1n) is 13.3. The molecule has 1 aromatic heterocycles. The van der Waals surface area contributed by atoms with Crippen LogP contribution in [-0.2, 0) is 47.7 Å². The Labute approximate surface area is 252 Å². The van der Waals surface area contributed by atoms with E-state index in [2.05, 4.69) is 0 Å². The van der Waals surface area contributed by atoms with Crippen LogP contribution >= 0.6 is 0 Å². The van der Waals surface area contributed by atoms with E-state index in [9.17, 15) is 44.1 Å². The van der Waals surface area contributed by atoms with Gasteiger partial charge in [-0.1, -0.05) is 0 Å². The van der Waals surface area contributed by atoms with Gasteiger partial charge in [0.05, 0.1) is 10.9 Å². The maximum absolute atomic E-state index is 13.7. The summed E-state index contributed by atoms with van der Waals surface area (Å²) in [5.74, 6) is -7.11. The van der Waals surface area contributed by atoms with Crippen molar-refractivity contribution in [1.82, 2.24) is 0 Å². The van der Waals surface area contributed by atoms with E-state index in [4.69, 9.17) is 32.8 Å². The third-order valence-electron chi connectivity index (χ3n) is 6.55. The van der Waals surface area contributed by atoms with Gasteiger partial charge in [-0.05, 0) is 6.07 Å². The van der Waals surface area contributed by atoms with Crippen molar-refractivity contribution in [2.75, 3.05) is 6.61 Å². The van der Waals surface area contributed by atoms with Gasteiger partial charge in [0.25, 0.3) is 0 Å². The highest BCUT2D eigenvalue weighted by atomic mass is 16.7. The molecule has 0 bridgehead atoms. The number of fused-ring (bicyclic) bond motifs is 2. The molecular weight excluding hydrogens is 604 g/mol. The second kappa shape index (κ2) is 12.7. The van der Waals surface area contributed by atoms with E-state index in [1.165, 1.54) is 0 Å². The normalized spacial score (nSPS) is 21.1. The van der Waals surface area contributed by atoms with Gasteiger partial charge in [-0.2, -0.15) is 0 Å². The van der Waals surface area contributed by atoms with Gasteiger partial charge in [-0.25, -0.2) is 0 Å². The molecule has 1 fully saturated rings. The van der Waals surface area contributed by atoms with E-state index >= 15 is 0 Å². The average molecular weight is 633 g/mol. The predicted molar refractivity (Wildman–Crippen MR) is 147 cm³/mol. The van der Waals surface area contributed by atoms with Gasteiger partial charge in [0.15, 0.2) is 35.6 Å². The van der Waals surface area contributed by atoms with Crippen LogP contribution in [-0.4, -0.2) is 76.2 Å². The number of hydrogen-bond acceptors (Lipinski definition) is 16. The number of aromatic hydroxyl groups is 3. The molecule has 0 aliphatic carbocycles. The fourth-order valence-corrected chi connectivity index (χ4v) is 4.99. The predicted octanol–water partition coefficient (Wildman–Crippen LogP) is 1.79. The fraction of sp³-hybridized carbons (Fsp3) is 0.379. The van der Waals surface area contributed by atoms with Crippen LogP contribution in [0, 0.1) is 0 Å². The summed E-state index contributed by atoms with van der Waals surface area (Å²) in [5, 5.41) is 30.5. The third kappa shape index (κ3) is 6.75. The molecular formula is C29H28O16. The molecule has 0 unspecified atom stereocenters. The van der Waals surface area contributed by atoms with Crippen molar-refractivity contribution in [1.29, 1.82) is 0 Å². The Morgan fingerprint density at radius 2 is 1.27 bits per heavy atom. The summed E-state index contributed by atoms with van der Waals surface area (Å²) in [4.78, 5) is 74.4. The van der Waals surface area contributed by atoms with Gasteiger partial charge in [0.1, 0.15) is 41.1 Å². The summed E-state index contributed by atoms with van der Waals surface area (Å²) >= 11 is 0. The van der Waals surface area contributed by atoms with Crippen LogP contribution in [0.25, 0.3) is 21.9 Å². The van der Waals surface area contributed by atoms with Crippen LogP contribution in [0.1, 0.15) is 46.3 Å². The zero-order valence-corrected chi connectivity index (χ0v) is 24.5. The SMILES string of the molecule is CC(=O)OC[C@H]1O[C@@H](c2c(O)cc3oc4cc(O)c(O)cc4c(=O)c3c2OC(C)=O)[C@H](OC(C)=O)[C@@H](OC(C)=O)[C@@H]1OC(C)=O. The van der Waals surface area contributed by atoms with Crippen LogP contribution in [0.5, 0.6) is 23.0 Å². The zero-order chi connectivity index (χ0) is 33.3. The molecule has 1 saturated heterocycles. The van der Waals surface area contributed by atoms with Gasteiger partial charge >= 0.3 is 29.8 Å². The van der Waals surface area contributed by atoms with Crippen LogP contribution in [0.2, 0.25) is 0 Å². The molecule has 4 rings (SSSR count). The number of ether oxygens (including phenoxy) is 6. The Morgan fingerprint density at radius 3 is 1.84 bits per heavy atom. The number of esters is 5. The maximum Gasteiger partial charge on any atom is 0.308 e. The molecule has 2 heterocycles. The second-order valence-corrected chi connectivity index (χ2v) is 9.99. The number of carbonyl (C=O) groups is 5. The molecule has 0 radical (unpaired) electrons. The van der Waals surface area contributed by atoms with E-state index < -0.39 is 106 Å². The molecule has 45 heavy (non-hydrogen) atoms. The summed E-state index contributed by atoms with van der Waals surface area (Å²) in [6.07, 6.45) is -8.09. The van der Waals surface area contributed by atoms with E-state index in [0.717, 1.165) is 52.8 Å². The molecule has 0 saturated carbocycles. The molecule has 1 aliphatic rings. The maximum atomic E-state index is 13.7. The number of hydrogen-bond donors (Lipinski definition) is 3. The largest absolute Gasteiger partial charge is 0.507 e. The summed E-state index contributed by atoms with van der Waals surface area (Å²) in [6, 6.07) is 2.83. The number of phenols is 3. The van der Waals surface area contributed by atoms with Crippen LogP contribution in [0.3, 0.4) is 0 Å². The van der Waals surface area contributed by atoms with Gasteiger partial charge in [-0.15, -0.1) is 0 Å². The van der Waals surface area contributed by atoms with E-state index in [1.807, 2.05) is 0 Å². The van der Waals surface area contributed by atoms with Crippen molar-refractivity contribution in [3.8, 4) is 23.0 Å². The Kier molecular flexibility index (Phi) is 9.18. The molecule has 2 aromatic carbocycles. The monoisotopic (exact) mass is 632 g/mol. The molecule has 0 amide bonds. The fourth-order valence-electron chi connectivity index (χ4n) is 4.99. The Morgan fingerprint density at radius 1 is 0.711 bits per heavy atom. The minimum absolute atomic E-state index is 0.198. The lowest BCUT2D eigenvalue weighted by Gasteiger charge is -2.44. The van der Waals surface area contributed by atoms with Crippen LogP contribution in [0.15, 0.2) is 27.4 Å². The molecule has 1 aliphatic heterocycles. The molecule has 0 spiro atoms. The third-order valence-corrected chi connectivity index (χ3v) is 6.55.